The average Bonchev–Trinajstić information content (AvgIpc) is 3.01. The number of aryl methyl sites for hydroxylation is 1. The normalized spacial score (nSPS) is 15.4. The van der Waals surface area contributed by atoms with E-state index >= 15 is 0 Å². The third-order valence-corrected chi connectivity index (χ3v) is 4.33. The number of hydrogen-bond acceptors (Lipinski definition) is 4. The van der Waals surface area contributed by atoms with Crippen LogP contribution in [0.4, 0.5) is 5.82 Å². The molecule has 4 nitrogen and oxygen atoms in total. The Morgan fingerprint density at radius 3 is 2.62 bits per heavy atom. The molecule has 3 N–H and O–H groups in total. The van der Waals surface area contributed by atoms with E-state index in [0.29, 0.717) is 17.6 Å². The number of anilines is 1. The number of benzene rings is 1. The van der Waals surface area contributed by atoms with Gasteiger partial charge in [0.1, 0.15) is 5.82 Å². The second-order valence-electron chi connectivity index (χ2n) is 5.59. The fourth-order valence-electron chi connectivity index (χ4n) is 2.97. The van der Waals surface area contributed by atoms with Crippen molar-refractivity contribution in [1.29, 1.82) is 0 Å². The first kappa shape index (κ1) is 14.3. The van der Waals surface area contributed by atoms with E-state index in [1.807, 2.05) is 31.2 Å². The number of aromatic nitrogens is 2. The molecule has 1 aromatic carbocycles. The Balaban J connectivity index is 2.06. The molecule has 1 aliphatic carbocycles. The van der Waals surface area contributed by atoms with E-state index in [4.69, 9.17) is 22.4 Å². The number of nitrogens with one attached hydrogen (secondary N) is 1. The molecular formula is C16H19ClN4. The highest BCUT2D eigenvalue weighted by atomic mass is 35.5. The predicted octanol–water partition coefficient (Wildman–Crippen LogP) is 4.05. The molecule has 1 saturated carbocycles. The second-order valence-corrected chi connectivity index (χ2v) is 6.02. The molecule has 3 rings (SSSR count). The summed E-state index contributed by atoms with van der Waals surface area (Å²) in [7, 11) is 0. The van der Waals surface area contributed by atoms with Gasteiger partial charge in [0.15, 0.2) is 5.82 Å². The van der Waals surface area contributed by atoms with Crippen molar-refractivity contribution < 1.29 is 0 Å². The molecule has 5 heteroatoms. The van der Waals surface area contributed by atoms with Crippen LogP contribution in [-0.2, 0) is 0 Å². The predicted molar refractivity (Wildman–Crippen MR) is 86.2 cm³/mol. The van der Waals surface area contributed by atoms with Crippen LogP contribution in [0.2, 0.25) is 5.02 Å². The Morgan fingerprint density at radius 1 is 1.19 bits per heavy atom. The van der Waals surface area contributed by atoms with Crippen molar-refractivity contribution in [3.63, 3.8) is 0 Å². The highest BCUT2D eigenvalue weighted by Gasteiger charge is 2.20. The second kappa shape index (κ2) is 6.00. The number of hydrogen-bond donors (Lipinski definition) is 2. The van der Waals surface area contributed by atoms with Gasteiger partial charge in [-0.25, -0.2) is 15.8 Å². The summed E-state index contributed by atoms with van der Waals surface area (Å²) in [4.78, 5) is 9.27. The van der Waals surface area contributed by atoms with Crippen LogP contribution in [0.1, 0.15) is 42.9 Å². The van der Waals surface area contributed by atoms with Crippen molar-refractivity contribution in [2.45, 2.75) is 38.5 Å². The first-order valence-electron chi connectivity index (χ1n) is 7.29. The molecule has 1 heterocycles. The van der Waals surface area contributed by atoms with Gasteiger partial charge in [-0.1, -0.05) is 24.4 Å². The van der Waals surface area contributed by atoms with Gasteiger partial charge in [-0.3, -0.25) is 0 Å². The highest BCUT2D eigenvalue weighted by molar-refractivity contribution is 6.30. The summed E-state index contributed by atoms with van der Waals surface area (Å²) in [6.45, 7) is 2.02. The topological polar surface area (TPSA) is 63.8 Å². The van der Waals surface area contributed by atoms with Crippen LogP contribution in [0.3, 0.4) is 0 Å². The number of nitrogens with zero attached hydrogens (tertiary/aromatic N) is 2. The minimum absolute atomic E-state index is 0.520. The van der Waals surface area contributed by atoms with Gasteiger partial charge in [-0.15, -0.1) is 0 Å². The van der Waals surface area contributed by atoms with Gasteiger partial charge < -0.3 is 5.43 Å². The molecule has 1 aromatic heterocycles. The molecule has 21 heavy (non-hydrogen) atoms. The van der Waals surface area contributed by atoms with Crippen molar-refractivity contribution in [3.8, 4) is 11.4 Å². The third kappa shape index (κ3) is 3.01. The van der Waals surface area contributed by atoms with Crippen LogP contribution < -0.4 is 11.3 Å². The summed E-state index contributed by atoms with van der Waals surface area (Å²) in [6, 6.07) is 7.72. The molecule has 0 aliphatic heterocycles. The summed E-state index contributed by atoms with van der Waals surface area (Å²) in [5.41, 5.74) is 5.80. The van der Waals surface area contributed by atoms with Crippen molar-refractivity contribution in [1.82, 2.24) is 9.97 Å². The molecule has 0 spiro atoms. The van der Waals surface area contributed by atoms with Crippen molar-refractivity contribution in [3.05, 3.63) is 40.5 Å². The monoisotopic (exact) mass is 302 g/mol. The summed E-state index contributed by atoms with van der Waals surface area (Å²) in [6.07, 6.45) is 4.94. The molecule has 2 aromatic rings. The molecule has 0 bridgehead atoms. The Bertz CT molecular complexity index is 651. The molecular weight excluding hydrogens is 284 g/mol. The maximum absolute atomic E-state index is 6.02. The van der Waals surface area contributed by atoms with Crippen LogP contribution in [0, 0.1) is 6.92 Å². The summed E-state index contributed by atoms with van der Waals surface area (Å²) >= 11 is 6.02. The van der Waals surface area contributed by atoms with Gasteiger partial charge in [0.2, 0.25) is 0 Å². The lowest BCUT2D eigenvalue weighted by atomic mass is 10.0. The Labute approximate surface area is 129 Å². The summed E-state index contributed by atoms with van der Waals surface area (Å²) < 4.78 is 0. The van der Waals surface area contributed by atoms with Crippen LogP contribution in [0.25, 0.3) is 11.4 Å². The fourth-order valence-corrected chi connectivity index (χ4v) is 3.20. The van der Waals surface area contributed by atoms with E-state index in [1.165, 1.54) is 25.7 Å². The van der Waals surface area contributed by atoms with Gasteiger partial charge >= 0.3 is 0 Å². The third-order valence-electron chi connectivity index (χ3n) is 4.10. The molecule has 0 atom stereocenters. The van der Waals surface area contributed by atoms with E-state index < -0.39 is 0 Å². The molecule has 0 saturated heterocycles. The van der Waals surface area contributed by atoms with Crippen molar-refractivity contribution in [2.75, 3.05) is 5.43 Å². The SMILES string of the molecule is Cc1cc(Cl)ccc1-c1nc(NN)cc(C2CCCC2)n1. The van der Waals surface area contributed by atoms with Gasteiger partial charge in [0, 0.05) is 28.3 Å². The maximum Gasteiger partial charge on any atom is 0.162 e. The zero-order valence-corrected chi connectivity index (χ0v) is 12.8. The largest absolute Gasteiger partial charge is 0.308 e. The van der Waals surface area contributed by atoms with Gasteiger partial charge in [0.05, 0.1) is 0 Å². The number of halogens is 1. The first-order chi connectivity index (χ1) is 10.2. The van der Waals surface area contributed by atoms with Gasteiger partial charge in [0.25, 0.3) is 0 Å². The van der Waals surface area contributed by atoms with Gasteiger partial charge in [-0.05, 0) is 43.5 Å². The minimum Gasteiger partial charge on any atom is -0.308 e. The number of nitrogens with two attached hydrogens (primary N) is 1. The van der Waals surface area contributed by atoms with Crippen molar-refractivity contribution >= 4 is 17.4 Å². The van der Waals surface area contributed by atoms with E-state index in [2.05, 4.69) is 10.4 Å². The average molecular weight is 303 g/mol. The van der Waals surface area contributed by atoms with Crippen LogP contribution in [-0.4, -0.2) is 9.97 Å². The molecule has 1 fully saturated rings. The van der Waals surface area contributed by atoms with E-state index in [1.54, 1.807) is 0 Å². The number of rotatable bonds is 3. The Hall–Kier alpha value is -1.65. The van der Waals surface area contributed by atoms with E-state index in [-0.39, 0.29) is 0 Å². The van der Waals surface area contributed by atoms with Gasteiger partial charge in [-0.2, -0.15) is 0 Å². The standard InChI is InChI=1S/C16H19ClN4/c1-10-8-12(17)6-7-13(10)16-19-14(9-15(20-16)21-18)11-4-2-3-5-11/h6-9,11H,2-5,18H2,1H3,(H,19,20,21). The van der Waals surface area contributed by atoms with Crippen LogP contribution in [0.5, 0.6) is 0 Å². The smallest absolute Gasteiger partial charge is 0.162 e. The quantitative estimate of drug-likeness (QED) is 0.663. The van der Waals surface area contributed by atoms with Crippen molar-refractivity contribution in [2.24, 2.45) is 5.84 Å². The fraction of sp³-hybridized carbons (Fsp3) is 0.375. The lowest BCUT2D eigenvalue weighted by Crippen LogP contribution is -2.11. The minimum atomic E-state index is 0.520. The maximum atomic E-state index is 6.02. The van der Waals surface area contributed by atoms with Crippen LogP contribution in [0.15, 0.2) is 24.3 Å². The number of hydrazine groups is 1. The Kier molecular flexibility index (Phi) is 4.08. The lowest BCUT2D eigenvalue weighted by Gasteiger charge is -2.13. The number of nitrogen functional groups attached to an aromatic ring is 1. The Morgan fingerprint density at radius 2 is 1.95 bits per heavy atom. The molecule has 110 valence electrons. The van der Waals surface area contributed by atoms with E-state index in [0.717, 1.165) is 21.8 Å². The van der Waals surface area contributed by atoms with Crippen LogP contribution >= 0.6 is 11.6 Å². The zero-order valence-electron chi connectivity index (χ0n) is 12.1. The van der Waals surface area contributed by atoms with E-state index in [9.17, 15) is 0 Å². The highest BCUT2D eigenvalue weighted by Crippen LogP contribution is 2.35. The first-order valence-corrected chi connectivity index (χ1v) is 7.67. The molecule has 0 radical (unpaired) electrons. The zero-order chi connectivity index (χ0) is 14.8. The summed E-state index contributed by atoms with van der Waals surface area (Å²) in [5.74, 6) is 7.46. The lowest BCUT2D eigenvalue weighted by molar-refractivity contribution is 0.695. The molecule has 0 unspecified atom stereocenters. The molecule has 0 amide bonds. The molecule has 1 aliphatic rings. The summed E-state index contributed by atoms with van der Waals surface area (Å²) in [5, 5.41) is 0.723.